The highest BCUT2D eigenvalue weighted by Crippen LogP contribution is 2.62. The fraction of sp³-hybridized carbons (Fsp3) is 0.857. The van der Waals surface area contributed by atoms with E-state index in [9.17, 15) is 14.4 Å². The summed E-state index contributed by atoms with van der Waals surface area (Å²) in [5, 5.41) is 0. The van der Waals surface area contributed by atoms with Gasteiger partial charge in [0.25, 0.3) is 0 Å². The van der Waals surface area contributed by atoms with Gasteiger partial charge in [-0.25, -0.2) is 0 Å². The van der Waals surface area contributed by atoms with Crippen LogP contribution in [-0.2, 0) is 19.1 Å². The molecular weight excluding hydrogens is 316 g/mol. The molecular formula is C21H32O4. The predicted molar refractivity (Wildman–Crippen MR) is 95.1 cm³/mol. The molecule has 140 valence electrons. The smallest absolute Gasteiger partial charge is 0.137 e. The summed E-state index contributed by atoms with van der Waals surface area (Å²) in [5.41, 5.74) is -0.621. The molecule has 2 aliphatic carbocycles. The second kappa shape index (κ2) is 6.94. The Morgan fingerprint density at radius 2 is 2.04 bits per heavy atom. The lowest BCUT2D eigenvalue weighted by molar-refractivity contribution is -0.163. The molecule has 1 heterocycles. The van der Waals surface area contributed by atoms with E-state index < -0.39 is 0 Å². The van der Waals surface area contributed by atoms with Gasteiger partial charge in [-0.2, -0.15) is 0 Å². The Hall–Kier alpha value is -1.03. The van der Waals surface area contributed by atoms with Crippen molar-refractivity contribution in [3.05, 3.63) is 0 Å². The minimum Gasteiger partial charge on any atom is -0.381 e. The first kappa shape index (κ1) is 18.8. The molecule has 0 aromatic heterocycles. The first-order valence-electron chi connectivity index (χ1n) is 9.89. The number of aldehydes is 1. The number of hydrogen-bond acceptors (Lipinski definition) is 4. The average Bonchev–Trinajstić information content (AvgIpc) is 3.06. The molecule has 2 unspecified atom stereocenters. The summed E-state index contributed by atoms with van der Waals surface area (Å²) in [6, 6.07) is 0. The van der Waals surface area contributed by atoms with E-state index >= 15 is 0 Å². The Kier molecular flexibility index (Phi) is 5.21. The largest absolute Gasteiger partial charge is 0.381 e. The summed E-state index contributed by atoms with van der Waals surface area (Å²) in [7, 11) is 0. The molecule has 3 aliphatic rings. The third kappa shape index (κ3) is 3.11. The van der Waals surface area contributed by atoms with Gasteiger partial charge in [0.1, 0.15) is 17.9 Å². The van der Waals surface area contributed by atoms with Gasteiger partial charge in [0, 0.05) is 37.4 Å². The maximum atomic E-state index is 13.0. The van der Waals surface area contributed by atoms with Crippen LogP contribution in [-0.4, -0.2) is 31.1 Å². The molecule has 0 spiro atoms. The highest BCUT2D eigenvalue weighted by atomic mass is 16.5. The van der Waals surface area contributed by atoms with Crippen molar-refractivity contribution in [1.82, 2.24) is 0 Å². The number of carbonyl (C=O) groups is 3. The van der Waals surface area contributed by atoms with Crippen LogP contribution in [0.2, 0.25) is 0 Å². The lowest BCUT2D eigenvalue weighted by atomic mass is 9.43. The van der Waals surface area contributed by atoms with Gasteiger partial charge in [0.05, 0.1) is 0 Å². The molecule has 3 rings (SSSR count). The van der Waals surface area contributed by atoms with Gasteiger partial charge in [0.2, 0.25) is 0 Å². The topological polar surface area (TPSA) is 60.4 Å². The maximum absolute atomic E-state index is 13.0. The standard InChI is InChI=1S/C21H32O4/c1-14(23)17-4-5-18(24)19-20(2,9-6-15-8-11-25-13-15)16(12-22)7-10-21(17,19)3/h12,15-17,19H,4-11,13H2,1-3H3/t15?,16-,17-,19?,20-,21-/m0/s1. The summed E-state index contributed by atoms with van der Waals surface area (Å²) >= 11 is 0. The van der Waals surface area contributed by atoms with Crippen molar-refractivity contribution < 1.29 is 19.1 Å². The van der Waals surface area contributed by atoms with Gasteiger partial charge in [-0.3, -0.25) is 9.59 Å². The summed E-state index contributed by atoms with van der Waals surface area (Å²) in [6.45, 7) is 7.57. The van der Waals surface area contributed by atoms with Crippen LogP contribution in [0.3, 0.4) is 0 Å². The molecule has 0 aromatic rings. The molecule has 25 heavy (non-hydrogen) atoms. The summed E-state index contributed by atoms with van der Waals surface area (Å²) < 4.78 is 5.50. The molecule has 1 aliphatic heterocycles. The van der Waals surface area contributed by atoms with Crippen molar-refractivity contribution in [2.45, 2.75) is 65.7 Å². The van der Waals surface area contributed by atoms with Crippen LogP contribution in [0.15, 0.2) is 0 Å². The number of rotatable bonds is 5. The van der Waals surface area contributed by atoms with Crippen LogP contribution >= 0.6 is 0 Å². The van der Waals surface area contributed by atoms with Crippen LogP contribution in [0.4, 0.5) is 0 Å². The quantitative estimate of drug-likeness (QED) is 0.712. The van der Waals surface area contributed by atoms with Crippen LogP contribution in [0.5, 0.6) is 0 Å². The second-order valence-electron chi connectivity index (χ2n) is 9.16. The molecule has 1 saturated heterocycles. The summed E-state index contributed by atoms with van der Waals surface area (Å²) in [6.07, 6.45) is 6.80. The first-order chi connectivity index (χ1) is 11.8. The molecule has 3 fully saturated rings. The zero-order chi connectivity index (χ0) is 18.2. The fourth-order valence-corrected chi connectivity index (χ4v) is 6.33. The van der Waals surface area contributed by atoms with Gasteiger partial charge < -0.3 is 9.53 Å². The van der Waals surface area contributed by atoms with E-state index in [4.69, 9.17) is 4.74 Å². The predicted octanol–water partition coefficient (Wildman–Crippen LogP) is 3.61. The Labute approximate surface area is 151 Å². The number of carbonyl (C=O) groups excluding carboxylic acids is 3. The van der Waals surface area contributed by atoms with Crippen LogP contribution < -0.4 is 0 Å². The lowest BCUT2D eigenvalue weighted by Gasteiger charge is -2.58. The maximum Gasteiger partial charge on any atom is 0.137 e. The minimum absolute atomic E-state index is 0.0445. The van der Waals surface area contributed by atoms with Gasteiger partial charge in [-0.1, -0.05) is 13.8 Å². The van der Waals surface area contributed by atoms with Crippen molar-refractivity contribution in [2.24, 2.45) is 34.5 Å². The number of hydrogen-bond donors (Lipinski definition) is 0. The second-order valence-corrected chi connectivity index (χ2v) is 9.16. The fourth-order valence-electron chi connectivity index (χ4n) is 6.33. The van der Waals surface area contributed by atoms with Crippen LogP contribution in [0, 0.1) is 34.5 Å². The van der Waals surface area contributed by atoms with E-state index in [1.54, 1.807) is 6.92 Å². The molecule has 0 radical (unpaired) electrons. The van der Waals surface area contributed by atoms with Gasteiger partial charge in [0.15, 0.2) is 0 Å². The van der Waals surface area contributed by atoms with Crippen LogP contribution in [0.25, 0.3) is 0 Å². The number of Topliss-reactive ketones (excluding diaryl/α,β-unsaturated/α-hetero) is 2. The van der Waals surface area contributed by atoms with Gasteiger partial charge in [-0.05, 0) is 62.2 Å². The van der Waals surface area contributed by atoms with Gasteiger partial charge in [-0.15, -0.1) is 0 Å². The molecule has 4 heteroatoms. The highest BCUT2D eigenvalue weighted by molar-refractivity contribution is 5.88. The molecule has 6 atom stereocenters. The monoisotopic (exact) mass is 348 g/mol. The van der Waals surface area contributed by atoms with Crippen molar-refractivity contribution in [3.63, 3.8) is 0 Å². The lowest BCUT2D eigenvalue weighted by Crippen LogP contribution is -2.58. The number of ether oxygens (including phenoxy) is 1. The van der Waals surface area contributed by atoms with E-state index in [0.29, 0.717) is 18.8 Å². The summed E-state index contributed by atoms with van der Waals surface area (Å²) in [5.74, 6) is 0.723. The summed E-state index contributed by atoms with van der Waals surface area (Å²) in [4.78, 5) is 37.2. The Morgan fingerprint density at radius 1 is 1.28 bits per heavy atom. The van der Waals surface area contributed by atoms with Crippen molar-refractivity contribution in [2.75, 3.05) is 13.2 Å². The number of ketones is 2. The first-order valence-corrected chi connectivity index (χ1v) is 9.89. The minimum atomic E-state index is -0.331. The Morgan fingerprint density at radius 3 is 2.64 bits per heavy atom. The third-order valence-electron chi connectivity index (χ3n) is 7.73. The molecule has 0 amide bonds. The molecule has 0 aromatic carbocycles. The third-order valence-corrected chi connectivity index (χ3v) is 7.73. The van der Waals surface area contributed by atoms with Crippen LogP contribution in [0.1, 0.15) is 65.7 Å². The average molecular weight is 348 g/mol. The van der Waals surface area contributed by atoms with E-state index in [-0.39, 0.29) is 40.2 Å². The normalized spacial score (nSPS) is 44.4. The molecule has 4 nitrogen and oxygen atoms in total. The zero-order valence-corrected chi connectivity index (χ0v) is 15.9. The van der Waals surface area contributed by atoms with Gasteiger partial charge >= 0.3 is 0 Å². The van der Waals surface area contributed by atoms with E-state index in [1.807, 2.05) is 0 Å². The van der Waals surface area contributed by atoms with E-state index in [2.05, 4.69) is 13.8 Å². The van der Waals surface area contributed by atoms with Crippen molar-refractivity contribution >= 4 is 17.9 Å². The van der Waals surface area contributed by atoms with E-state index in [1.165, 1.54) is 0 Å². The Bertz CT molecular complexity index is 550. The van der Waals surface area contributed by atoms with E-state index in [0.717, 1.165) is 51.6 Å². The highest BCUT2D eigenvalue weighted by Gasteiger charge is 2.61. The molecule has 0 bridgehead atoms. The SMILES string of the molecule is CC(=O)[C@@H]1CCC(=O)C2[C@@](C)(CCC3CCOC3)[C@H](C=O)CC[C@]21C. The Balaban J connectivity index is 1.92. The zero-order valence-electron chi connectivity index (χ0n) is 15.9. The van der Waals surface area contributed by atoms with Crippen molar-refractivity contribution in [1.29, 1.82) is 0 Å². The van der Waals surface area contributed by atoms with Crippen molar-refractivity contribution in [3.8, 4) is 0 Å². The molecule has 0 N–H and O–H groups in total. The molecule has 2 saturated carbocycles. The number of fused-ring (bicyclic) bond motifs is 1.